The Balaban J connectivity index is 1.39. The molecule has 1 fully saturated rings. The van der Waals surface area contributed by atoms with E-state index in [0.717, 1.165) is 0 Å². The number of anilines is 2. The van der Waals surface area contributed by atoms with Crippen molar-refractivity contribution in [2.75, 3.05) is 23.1 Å². The molecule has 14 heteroatoms. The molecule has 2 N–H and O–H groups in total. The second kappa shape index (κ2) is 12.2. The summed E-state index contributed by atoms with van der Waals surface area (Å²) in [7, 11) is -7.65. The van der Waals surface area contributed by atoms with E-state index < -0.39 is 26.0 Å². The number of rotatable bonds is 8. The average Bonchev–Trinajstić information content (AvgIpc) is 2.88. The van der Waals surface area contributed by atoms with Gasteiger partial charge in [0.25, 0.3) is 10.0 Å². The molecule has 0 saturated carbocycles. The minimum Gasteiger partial charge on any atom is -0.326 e. The van der Waals surface area contributed by atoms with Crippen molar-refractivity contribution in [3.05, 3.63) is 86.3 Å². The minimum atomic E-state index is -3.95. The van der Waals surface area contributed by atoms with Crippen LogP contribution in [-0.2, 0) is 30.6 Å². The van der Waals surface area contributed by atoms with Crippen LogP contribution in [0.2, 0.25) is 20.1 Å². The molecule has 1 amide bonds. The number of amides is 1. The zero-order valence-electron chi connectivity index (χ0n) is 20.2. The Hall–Kier alpha value is -2.05. The van der Waals surface area contributed by atoms with Crippen LogP contribution >= 0.6 is 46.4 Å². The van der Waals surface area contributed by atoms with Crippen molar-refractivity contribution in [2.45, 2.75) is 23.5 Å². The number of halogens is 4. The number of hydrogen-bond acceptors (Lipinski definition) is 5. The summed E-state index contributed by atoms with van der Waals surface area (Å²) in [6.45, 7) is 0.346. The summed E-state index contributed by atoms with van der Waals surface area (Å²) in [5.41, 5.74) is 1.05. The van der Waals surface area contributed by atoms with E-state index >= 15 is 0 Å². The minimum absolute atomic E-state index is 0.0354. The van der Waals surface area contributed by atoms with E-state index in [1.807, 2.05) is 0 Å². The molecule has 4 rings (SSSR count). The third kappa shape index (κ3) is 7.58. The van der Waals surface area contributed by atoms with E-state index in [0.29, 0.717) is 40.7 Å². The van der Waals surface area contributed by atoms with Crippen LogP contribution in [0.1, 0.15) is 18.4 Å². The van der Waals surface area contributed by atoms with E-state index in [1.54, 1.807) is 12.1 Å². The molecule has 0 bridgehead atoms. The van der Waals surface area contributed by atoms with Crippen molar-refractivity contribution in [3.63, 3.8) is 0 Å². The summed E-state index contributed by atoms with van der Waals surface area (Å²) in [4.78, 5) is 12.9. The molecule has 1 atom stereocenters. The second-order valence-corrected chi connectivity index (χ2v) is 14.3. The summed E-state index contributed by atoms with van der Waals surface area (Å²) in [5, 5.41) is 3.87. The highest BCUT2D eigenvalue weighted by Gasteiger charge is 2.32. The van der Waals surface area contributed by atoms with Crippen molar-refractivity contribution in [1.29, 1.82) is 0 Å². The SMILES string of the molecule is O=C(Nc1ccc(S(=O)(=O)Nc2ccc(Cl)cc2Cl)cc1)[C@@H]1CCCN(S(=O)(=O)Cc2ccc(Cl)c(Cl)c2)C1. The van der Waals surface area contributed by atoms with Crippen molar-refractivity contribution in [1.82, 2.24) is 4.31 Å². The van der Waals surface area contributed by atoms with Gasteiger partial charge in [-0.05, 0) is 73.0 Å². The monoisotopic (exact) mass is 649 g/mol. The van der Waals surface area contributed by atoms with Gasteiger partial charge in [-0.25, -0.2) is 21.1 Å². The second-order valence-electron chi connectivity index (χ2n) is 8.95. The molecule has 1 heterocycles. The normalized spacial score (nSPS) is 16.6. The lowest BCUT2D eigenvalue weighted by Crippen LogP contribution is -2.44. The standard InChI is InChI=1S/C25H23Cl4N3O5S2/c26-18-4-10-24(23(29)13-18)31-39(36,37)20-7-5-19(6-8-20)30-25(33)17-2-1-11-32(14-17)38(34,35)15-16-3-9-21(27)22(28)12-16/h3-10,12-13,17,31H,1-2,11,14-15H2,(H,30,33)/t17-/m1/s1. The van der Waals surface area contributed by atoms with Crippen molar-refractivity contribution in [3.8, 4) is 0 Å². The summed E-state index contributed by atoms with van der Waals surface area (Å²) in [6, 6.07) is 14.6. The maximum atomic E-state index is 13.0. The number of nitrogens with one attached hydrogen (secondary N) is 2. The van der Waals surface area contributed by atoms with Gasteiger partial charge in [-0.2, -0.15) is 0 Å². The predicted octanol–water partition coefficient (Wildman–Crippen LogP) is 6.28. The molecule has 0 aromatic heterocycles. The van der Waals surface area contributed by atoms with Crippen LogP contribution < -0.4 is 10.0 Å². The largest absolute Gasteiger partial charge is 0.326 e. The van der Waals surface area contributed by atoms with E-state index in [9.17, 15) is 21.6 Å². The van der Waals surface area contributed by atoms with E-state index in [-0.39, 0.29) is 38.8 Å². The van der Waals surface area contributed by atoms with Crippen LogP contribution in [0.25, 0.3) is 0 Å². The highest BCUT2D eigenvalue weighted by Crippen LogP contribution is 2.29. The van der Waals surface area contributed by atoms with Gasteiger partial charge in [-0.3, -0.25) is 9.52 Å². The number of sulfonamides is 2. The number of benzene rings is 3. The fourth-order valence-electron chi connectivity index (χ4n) is 4.08. The lowest BCUT2D eigenvalue weighted by atomic mass is 9.99. The van der Waals surface area contributed by atoms with Crippen LogP contribution in [0.5, 0.6) is 0 Å². The first kappa shape index (κ1) is 29.9. The topological polar surface area (TPSA) is 113 Å². The van der Waals surface area contributed by atoms with Gasteiger partial charge in [0.15, 0.2) is 0 Å². The average molecular weight is 651 g/mol. The molecule has 0 unspecified atom stereocenters. The number of hydrogen-bond donors (Lipinski definition) is 2. The van der Waals surface area contributed by atoms with Crippen LogP contribution in [-0.4, -0.2) is 40.1 Å². The summed E-state index contributed by atoms with van der Waals surface area (Å²) < 4.78 is 55.2. The fraction of sp³-hybridized carbons (Fsp3) is 0.240. The summed E-state index contributed by atoms with van der Waals surface area (Å²) >= 11 is 23.8. The zero-order valence-corrected chi connectivity index (χ0v) is 24.9. The number of carbonyl (C=O) groups excluding carboxylic acids is 1. The first-order valence-electron chi connectivity index (χ1n) is 11.6. The smallest absolute Gasteiger partial charge is 0.261 e. The third-order valence-electron chi connectivity index (χ3n) is 6.09. The Kier molecular flexibility index (Phi) is 9.37. The van der Waals surface area contributed by atoms with Gasteiger partial charge in [0.05, 0.1) is 37.3 Å². The van der Waals surface area contributed by atoms with Gasteiger partial charge in [-0.15, -0.1) is 0 Å². The lowest BCUT2D eigenvalue weighted by molar-refractivity contribution is -0.120. The lowest BCUT2D eigenvalue weighted by Gasteiger charge is -2.31. The first-order chi connectivity index (χ1) is 18.3. The van der Waals surface area contributed by atoms with Crippen LogP contribution in [0.4, 0.5) is 11.4 Å². The van der Waals surface area contributed by atoms with Crippen LogP contribution in [0, 0.1) is 5.92 Å². The molecule has 0 radical (unpaired) electrons. The quantitative estimate of drug-likeness (QED) is 0.298. The Morgan fingerprint density at radius 3 is 2.26 bits per heavy atom. The van der Waals surface area contributed by atoms with Crippen LogP contribution in [0.3, 0.4) is 0 Å². The van der Waals surface area contributed by atoms with Gasteiger partial charge in [0.2, 0.25) is 15.9 Å². The Morgan fingerprint density at radius 2 is 1.59 bits per heavy atom. The van der Waals surface area contributed by atoms with Gasteiger partial charge < -0.3 is 5.32 Å². The molecular formula is C25H23Cl4N3O5S2. The third-order valence-corrected chi connectivity index (χ3v) is 10.6. The van der Waals surface area contributed by atoms with Gasteiger partial charge in [0.1, 0.15) is 0 Å². The van der Waals surface area contributed by atoms with Gasteiger partial charge in [-0.1, -0.05) is 52.5 Å². The molecule has 0 aliphatic carbocycles. The molecular weight excluding hydrogens is 628 g/mol. The molecule has 39 heavy (non-hydrogen) atoms. The number of piperidine rings is 1. The van der Waals surface area contributed by atoms with Gasteiger partial charge in [0, 0.05) is 23.8 Å². The molecule has 8 nitrogen and oxygen atoms in total. The maximum absolute atomic E-state index is 13.0. The molecule has 1 saturated heterocycles. The number of nitrogens with zero attached hydrogens (tertiary/aromatic N) is 1. The van der Waals surface area contributed by atoms with Crippen LogP contribution in [0.15, 0.2) is 65.6 Å². The molecule has 208 valence electrons. The van der Waals surface area contributed by atoms with E-state index in [4.69, 9.17) is 46.4 Å². The Morgan fingerprint density at radius 1 is 0.872 bits per heavy atom. The predicted molar refractivity (Wildman–Crippen MR) is 156 cm³/mol. The van der Waals surface area contributed by atoms with Gasteiger partial charge >= 0.3 is 0 Å². The first-order valence-corrected chi connectivity index (χ1v) is 16.2. The summed E-state index contributed by atoms with van der Waals surface area (Å²) in [5.74, 6) is -1.19. The fourth-order valence-corrected chi connectivity index (χ4v) is 7.59. The highest BCUT2D eigenvalue weighted by atomic mass is 35.5. The van der Waals surface area contributed by atoms with E-state index in [1.165, 1.54) is 52.8 Å². The van der Waals surface area contributed by atoms with E-state index in [2.05, 4.69) is 10.0 Å². The number of carbonyl (C=O) groups is 1. The molecule has 3 aromatic carbocycles. The van der Waals surface area contributed by atoms with Crippen molar-refractivity contribution < 1.29 is 21.6 Å². The molecule has 1 aliphatic heterocycles. The molecule has 1 aliphatic rings. The Bertz CT molecular complexity index is 1600. The van der Waals surface area contributed by atoms with Crippen molar-refractivity contribution >= 4 is 83.7 Å². The molecule has 3 aromatic rings. The maximum Gasteiger partial charge on any atom is 0.261 e. The zero-order chi connectivity index (χ0) is 28.4. The molecule has 0 spiro atoms. The summed E-state index contributed by atoms with van der Waals surface area (Å²) in [6.07, 6.45) is 1.04. The van der Waals surface area contributed by atoms with Crippen molar-refractivity contribution in [2.24, 2.45) is 5.92 Å². The Labute approximate surface area is 247 Å². The highest BCUT2D eigenvalue weighted by molar-refractivity contribution is 7.92.